The van der Waals surface area contributed by atoms with Crippen LogP contribution < -0.4 is 5.32 Å². The van der Waals surface area contributed by atoms with Crippen molar-refractivity contribution in [3.05, 3.63) is 30.1 Å². The fourth-order valence-electron chi connectivity index (χ4n) is 2.12. The molecule has 1 fully saturated rings. The monoisotopic (exact) mass is 247 g/mol. The Morgan fingerprint density at radius 1 is 1.39 bits per heavy atom. The molecule has 2 rings (SSSR count). The van der Waals surface area contributed by atoms with Crippen LogP contribution in [0, 0.1) is 0 Å². The maximum absolute atomic E-state index is 12.0. The van der Waals surface area contributed by atoms with Crippen molar-refractivity contribution < 1.29 is 9.59 Å². The molecular formula is C13H17N3O2. The molecule has 1 N–H and O–H groups in total. The third-order valence-corrected chi connectivity index (χ3v) is 3.56. The fourth-order valence-corrected chi connectivity index (χ4v) is 2.12. The van der Waals surface area contributed by atoms with Crippen LogP contribution in [0.3, 0.4) is 0 Å². The van der Waals surface area contributed by atoms with Crippen molar-refractivity contribution in [2.45, 2.75) is 32.4 Å². The summed E-state index contributed by atoms with van der Waals surface area (Å²) >= 11 is 0. The molecule has 0 saturated carbocycles. The van der Waals surface area contributed by atoms with Crippen LogP contribution >= 0.6 is 0 Å². The second kappa shape index (κ2) is 4.76. The Morgan fingerprint density at radius 2 is 2.06 bits per heavy atom. The van der Waals surface area contributed by atoms with Crippen molar-refractivity contribution in [3.8, 4) is 0 Å². The molecule has 1 aromatic heterocycles. The lowest BCUT2D eigenvalue weighted by molar-refractivity contribution is -0.153. The maximum atomic E-state index is 12.0. The van der Waals surface area contributed by atoms with Gasteiger partial charge in [-0.3, -0.25) is 14.6 Å². The van der Waals surface area contributed by atoms with Gasteiger partial charge in [-0.2, -0.15) is 0 Å². The molecule has 0 bridgehead atoms. The Kier molecular flexibility index (Phi) is 3.32. The van der Waals surface area contributed by atoms with Crippen molar-refractivity contribution in [2.24, 2.45) is 0 Å². The summed E-state index contributed by atoms with van der Waals surface area (Å²) in [6.45, 7) is 4.25. The zero-order valence-corrected chi connectivity index (χ0v) is 10.6. The highest BCUT2D eigenvalue weighted by Gasteiger charge is 2.43. The third kappa shape index (κ3) is 2.08. The first-order valence-electron chi connectivity index (χ1n) is 6.05. The van der Waals surface area contributed by atoms with E-state index in [4.69, 9.17) is 0 Å². The number of amides is 2. The molecule has 5 nitrogen and oxygen atoms in total. The molecule has 1 aliphatic heterocycles. The number of piperazine rings is 1. The molecule has 1 atom stereocenters. The molecule has 2 amide bonds. The maximum Gasteiger partial charge on any atom is 0.246 e. The van der Waals surface area contributed by atoms with Gasteiger partial charge in [0, 0.05) is 18.9 Å². The lowest BCUT2D eigenvalue weighted by Gasteiger charge is -2.43. The van der Waals surface area contributed by atoms with Gasteiger partial charge in [-0.25, -0.2) is 0 Å². The van der Waals surface area contributed by atoms with Crippen LogP contribution in [0.5, 0.6) is 0 Å². The topological polar surface area (TPSA) is 62.3 Å². The predicted molar refractivity (Wildman–Crippen MR) is 66.5 cm³/mol. The van der Waals surface area contributed by atoms with Crippen LogP contribution in [0.15, 0.2) is 24.5 Å². The van der Waals surface area contributed by atoms with Gasteiger partial charge < -0.3 is 10.2 Å². The fraction of sp³-hybridized carbons (Fsp3) is 0.462. The lowest BCUT2D eigenvalue weighted by atomic mass is 9.92. The van der Waals surface area contributed by atoms with E-state index in [0.29, 0.717) is 13.0 Å². The SMILES string of the molecule is CCC1(C)C(=O)NCC(=O)N1Cc1ccncc1. The van der Waals surface area contributed by atoms with Gasteiger partial charge in [0.25, 0.3) is 0 Å². The van der Waals surface area contributed by atoms with Crippen LogP contribution in [-0.2, 0) is 16.1 Å². The molecular weight excluding hydrogens is 230 g/mol. The third-order valence-electron chi connectivity index (χ3n) is 3.56. The standard InChI is InChI=1S/C13H17N3O2/c1-3-13(2)12(18)15-8-11(17)16(13)9-10-4-6-14-7-5-10/h4-7H,3,8-9H2,1-2H3,(H,15,18). The molecule has 0 spiro atoms. The number of rotatable bonds is 3. The number of carbonyl (C=O) groups is 2. The van der Waals surface area contributed by atoms with Crippen molar-refractivity contribution >= 4 is 11.8 Å². The van der Waals surface area contributed by atoms with Crippen molar-refractivity contribution in [1.82, 2.24) is 15.2 Å². The van der Waals surface area contributed by atoms with Crippen molar-refractivity contribution in [2.75, 3.05) is 6.54 Å². The number of nitrogens with one attached hydrogen (secondary N) is 1. The molecule has 0 aromatic carbocycles. The van der Waals surface area contributed by atoms with Gasteiger partial charge in [0.15, 0.2) is 0 Å². The summed E-state index contributed by atoms with van der Waals surface area (Å²) < 4.78 is 0. The summed E-state index contributed by atoms with van der Waals surface area (Å²) in [5, 5.41) is 2.65. The van der Waals surface area contributed by atoms with E-state index >= 15 is 0 Å². The highest BCUT2D eigenvalue weighted by atomic mass is 16.2. The summed E-state index contributed by atoms with van der Waals surface area (Å²) in [6, 6.07) is 3.71. The first-order chi connectivity index (χ1) is 8.58. The minimum absolute atomic E-state index is 0.0456. The smallest absolute Gasteiger partial charge is 0.246 e. The van der Waals surface area contributed by atoms with Gasteiger partial charge in [-0.1, -0.05) is 6.92 Å². The van der Waals surface area contributed by atoms with Crippen molar-refractivity contribution in [3.63, 3.8) is 0 Å². The Balaban J connectivity index is 2.27. The Bertz CT molecular complexity index is 461. The highest BCUT2D eigenvalue weighted by Crippen LogP contribution is 2.25. The van der Waals surface area contributed by atoms with Gasteiger partial charge in [-0.05, 0) is 31.0 Å². The first-order valence-corrected chi connectivity index (χ1v) is 6.05. The van der Waals surface area contributed by atoms with E-state index in [1.807, 2.05) is 19.1 Å². The van der Waals surface area contributed by atoms with E-state index in [9.17, 15) is 9.59 Å². The summed E-state index contributed by atoms with van der Waals surface area (Å²) in [5.74, 6) is -0.130. The Morgan fingerprint density at radius 3 is 2.67 bits per heavy atom. The molecule has 2 heterocycles. The van der Waals surface area contributed by atoms with Crippen LogP contribution in [0.1, 0.15) is 25.8 Å². The lowest BCUT2D eigenvalue weighted by Crippen LogP contribution is -2.65. The number of carbonyl (C=O) groups excluding carboxylic acids is 2. The first kappa shape index (κ1) is 12.5. The highest BCUT2D eigenvalue weighted by molar-refractivity contribution is 5.97. The molecule has 1 aromatic rings. The normalized spacial score (nSPS) is 24.0. The van der Waals surface area contributed by atoms with Gasteiger partial charge in [-0.15, -0.1) is 0 Å². The van der Waals surface area contributed by atoms with Gasteiger partial charge in [0.05, 0.1) is 6.54 Å². The molecule has 5 heteroatoms. The summed E-state index contributed by atoms with van der Waals surface area (Å²) in [6.07, 6.45) is 3.97. The molecule has 1 aliphatic rings. The van der Waals surface area contributed by atoms with E-state index in [2.05, 4.69) is 10.3 Å². The minimum Gasteiger partial charge on any atom is -0.345 e. The number of hydrogen-bond donors (Lipinski definition) is 1. The van der Waals surface area contributed by atoms with E-state index in [1.165, 1.54) is 0 Å². The largest absolute Gasteiger partial charge is 0.345 e. The molecule has 18 heavy (non-hydrogen) atoms. The number of aromatic nitrogens is 1. The number of nitrogens with zero attached hydrogens (tertiary/aromatic N) is 2. The summed E-state index contributed by atoms with van der Waals surface area (Å²) in [4.78, 5) is 29.6. The molecule has 1 saturated heterocycles. The van der Waals surface area contributed by atoms with Gasteiger partial charge in [0.1, 0.15) is 5.54 Å². The van der Waals surface area contributed by atoms with Crippen molar-refractivity contribution in [1.29, 1.82) is 0 Å². The number of hydrogen-bond acceptors (Lipinski definition) is 3. The number of pyridine rings is 1. The summed E-state index contributed by atoms with van der Waals surface area (Å²) in [7, 11) is 0. The van der Waals surface area contributed by atoms with Gasteiger partial charge in [0.2, 0.25) is 11.8 Å². The molecule has 1 unspecified atom stereocenters. The minimum atomic E-state index is -0.765. The molecule has 96 valence electrons. The Labute approximate surface area is 106 Å². The van der Waals surface area contributed by atoms with E-state index in [0.717, 1.165) is 5.56 Å². The summed E-state index contributed by atoms with van der Waals surface area (Å²) in [5.41, 5.74) is 0.214. The van der Waals surface area contributed by atoms with Crippen LogP contribution in [0.4, 0.5) is 0 Å². The second-order valence-electron chi connectivity index (χ2n) is 4.65. The Hall–Kier alpha value is -1.91. The van der Waals surface area contributed by atoms with Crippen LogP contribution in [0.2, 0.25) is 0 Å². The van der Waals surface area contributed by atoms with E-state index < -0.39 is 5.54 Å². The predicted octanol–water partition coefficient (Wildman–Crippen LogP) is 0.709. The zero-order chi connectivity index (χ0) is 13.2. The van der Waals surface area contributed by atoms with Crippen LogP contribution in [-0.4, -0.2) is 33.8 Å². The molecule has 0 aliphatic carbocycles. The quantitative estimate of drug-likeness (QED) is 0.855. The zero-order valence-electron chi connectivity index (χ0n) is 10.6. The van der Waals surface area contributed by atoms with Gasteiger partial charge >= 0.3 is 0 Å². The average molecular weight is 247 g/mol. The molecule has 0 radical (unpaired) electrons. The van der Waals surface area contributed by atoms with E-state index in [1.54, 1.807) is 24.2 Å². The average Bonchev–Trinajstić information content (AvgIpc) is 2.40. The van der Waals surface area contributed by atoms with E-state index in [-0.39, 0.29) is 18.4 Å². The van der Waals surface area contributed by atoms with Crippen LogP contribution in [0.25, 0.3) is 0 Å². The second-order valence-corrected chi connectivity index (χ2v) is 4.65.